The van der Waals surface area contributed by atoms with Crippen molar-refractivity contribution in [2.24, 2.45) is 13.0 Å². The van der Waals surface area contributed by atoms with Crippen LogP contribution < -0.4 is 5.32 Å². The van der Waals surface area contributed by atoms with E-state index in [2.05, 4.69) is 39.6 Å². The molecule has 2 aliphatic heterocycles. The number of carbonyl (C=O) groups is 2. The molecule has 1 N–H and O–H groups in total. The van der Waals surface area contributed by atoms with Crippen molar-refractivity contribution in [1.82, 2.24) is 19.6 Å². The van der Waals surface area contributed by atoms with Gasteiger partial charge in [0, 0.05) is 51.5 Å². The third kappa shape index (κ3) is 3.92. The number of hydrogen-bond donors (Lipinski definition) is 1. The molecule has 0 unspecified atom stereocenters. The van der Waals surface area contributed by atoms with Crippen LogP contribution in [0.15, 0.2) is 36.5 Å². The Morgan fingerprint density at radius 1 is 1.21 bits per heavy atom. The summed E-state index contributed by atoms with van der Waals surface area (Å²) in [5, 5.41) is 7.16. The second-order valence-corrected chi connectivity index (χ2v) is 8.26. The Kier molecular flexibility index (Phi) is 5.41. The Labute approximate surface area is 171 Å². The summed E-state index contributed by atoms with van der Waals surface area (Å²) in [6.45, 7) is 6.38. The van der Waals surface area contributed by atoms with E-state index < -0.39 is 0 Å². The second-order valence-electron chi connectivity index (χ2n) is 8.26. The van der Waals surface area contributed by atoms with Crippen LogP contribution in [0.25, 0.3) is 0 Å². The fourth-order valence-electron chi connectivity index (χ4n) is 4.88. The first-order valence-electron chi connectivity index (χ1n) is 10.3. The van der Waals surface area contributed by atoms with E-state index in [4.69, 9.17) is 0 Å². The largest absolute Gasteiger partial charge is 0.339 e. The molecule has 0 aliphatic carbocycles. The van der Waals surface area contributed by atoms with Gasteiger partial charge in [-0.25, -0.2) is 0 Å². The summed E-state index contributed by atoms with van der Waals surface area (Å²) in [7, 11) is 1.86. The Bertz CT molecular complexity index is 894. The first-order chi connectivity index (χ1) is 13.9. The Morgan fingerprint density at radius 3 is 2.62 bits per heavy atom. The van der Waals surface area contributed by atoms with Gasteiger partial charge in [0.15, 0.2) is 0 Å². The van der Waals surface area contributed by atoms with Crippen molar-refractivity contribution in [3.63, 3.8) is 0 Å². The average molecular weight is 396 g/mol. The van der Waals surface area contributed by atoms with Crippen LogP contribution in [0.2, 0.25) is 0 Å². The molecule has 3 atom stereocenters. The number of rotatable bonds is 4. The normalized spacial score (nSPS) is 24.4. The van der Waals surface area contributed by atoms with E-state index in [1.807, 2.05) is 24.9 Å². The number of piperidine rings is 1. The van der Waals surface area contributed by atoms with Gasteiger partial charge in [-0.2, -0.15) is 5.10 Å². The van der Waals surface area contributed by atoms with Crippen LogP contribution >= 0.6 is 0 Å². The van der Waals surface area contributed by atoms with Crippen molar-refractivity contribution in [3.05, 3.63) is 47.8 Å². The highest BCUT2D eigenvalue weighted by Crippen LogP contribution is 2.41. The number of likely N-dealkylation sites (tertiary alicyclic amines) is 2. The van der Waals surface area contributed by atoms with Crippen molar-refractivity contribution >= 4 is 17.5 Å². The van der Waals surface area contributed by atoms with Crippen LogP contribution in [0.4, 0.5) is 5.69 Å². The number of nitrogens with one attached hydrogen (secondary N) is 1. The minimum Gasteiger partial charge on any atom is -0.339 e. The van der Waals surface area contributed by atoms with Crippen LogP contribution in [0, 0.1) is 12.8 Å². The number of aromatic nitrogens is 2. The lowest BCUT2D eigenvalue weighted by Gasteiger charge is -2.38. The predicted octanol–water partition coefficient (Wildman–Crippen LogP) is 2.00. The molecule has 154 valence electrons. The Hall–Kier alpha value is -2.67. The Balaban J connectivity index is 1.45. The maximum absolute atomic E-state index is 12.6. The minimum absolute atomic E-state index is 0.0165. The molecular formula is C22H29N5O2. The number of aryl methyl sites for hydroxylation is 1. The monoisotopic (exact) mass is 395 g/mol. The topological polar surface area (TPSA) is 70.5 Å². The summed E-state index contributed by atoms with van der Waals surface area (Å²) in [5.41, 5.74) is 2.98. The third-order valence-corrected chi connectivity index (χ3v) is 6.52. The first kappa shape index (κ1) is 19.6. The molecule has 3 heterocycles. The van der Waals surface area contributed by atoms with Gasteiger partial charge < -0.3 is 10.2 Å². The molecule has 2 aliphatic rings. The van der Waals surface area contributed by atoms with Gasteiger partial charge in [-0.3, -0.25) is 19.2 Å². The second kappa shape index (κ2) is 7.99. The zero-order valence-corrected chi connectivity index (χ0v) is 17.3. The molecule has 2 amide bonds. The van der Waals surface area contributed by atoms with Crippen LogP contribution in [0.3, 0.4) is 0 Å². The number of hydrogen-bond acceptors (Lipinski definition) is 4. The summed E-state index contributed by atoms with van der Waals surface area (Å²) >= 11 is 0. The van der Waals surface area contributed by atoms with Crippen molar-refractivity contribution in [1.29, 1.82) is 0 Å². The van der Waals surface area contributed by atoms with Crippen molar-refractivity contribution in [2.75, 3.05) is 31.5 Å². The zero-order valence-electron chi connectivity index (χ0n) is 17.3. The molecule has 0 bridgehead atoms. The molecule has 7 nitrogen and oxygen atoms in total. The van der Waals surface area contributed by atoms with Gasteiger partial charge in [-0.15, -0.1) is 0 Å². The van der Waals surface area contributed by atoms with E-state index in [0.29, 0.717) is 18.4 Å². The Morgan fingerprint density at radius 2 is 1.97 bits per heavy atom. The number of nitrogens with zero attached hydrogens (tertiary/aromatic N) is 4. The van der Waals surface area contributed by atoms with Crippen LogP contribution in [0.1, 0.15) is 30.5 Å². The molecule has 7 heteroatoms. The average Bonchev–Trinajstić information content (AvgIpc) is 3.24. The van der Waals surface area contributed by atoms with Gasteiger partial charge in [0.2, 0.25) is 11.8 Å². The number of benzene rings is 1. The zero-order chi connectivity index (χ0) is 20.5. The van der Waals surface area contributed by atoms with Crippen LogP contribution in [-0.2, 0) is 16.6 Å². The lowest BCUT2D eigenvalue weighted by molar-refractivity contribution is -0.131. The lowest BCUT2D eigenvalue weighted by Crippen LogP contribution is -2.49. The smallest absolute Gasteiger partial charge is 0.238 e. The molecule has 0 saturated carbocycles. The molecule has 2 fully saturated rings. The predicted molar refractivity (Wildman–Crippen MR) is 111 cm³/mol. The number of anilines is 1. The van der Waals surface area contributed by atoms with Crippen LogP contribution in [-0.4, -0.2) is 63.6 Å². The molecule has 0 spiro atoms. The molecule has 29 heavy (non-hydrogen) atoms. The van der Waals surface area contributed by atoms with Gasteiger partial charge in [-0.05, 0) is 18.9 Å². The van der Waals surface area contributed by atoms with E-state index in [0.717, 1.165) is 37.4 Å². The fourth-order valence-corrected chi connectivity index (χ4v) is 4.88. The summed E-state index contributed by atoms with van der Waals surface area (Å²) in [5.74, 6) is 0.799. The van der Waals surface area contributed by atoms with E-state index >= 15 is 0 Å². The molecule has 2 saturated heterocycles. The van der Waals surface area contributed by atoms with E-state index in [1.165, 1.54) is 5.56 Å². The summed E-state index contributed by atoms with van der Waals surface area (Å²) < 4.78 is 1.75. The lowest BCUT2D eigenvalue weighted by atomic mass is 9.82. The summed E-state index contributed by atoms with van der Waals surface area (Å²) in [6.07, 6.45) is 2.60. The minimum atomic E-state index is -0.0165. The maximum atomic E-state index is 12.6. The number of amides is 2. The molecule has 0 radical (unpaired) electrons. The van der Waals surface area contributed by atoms with Crippen molar-refractivity contribution < 1.29 is 9.59 Å². The standard InChI is InChI=1S/C22H29N5O2/c1-15-20(11-23-25(15)3)24-22(29)14-26-10-9-21-19(12-26)18(13-27(21)16(2)28)17-7-5-4-6-8-17/h4-8,11,18-19,21H,9-10,12-14H2,1-3H3,(H,24,29)/t18-,19-,21-/m1/s1. The third-order valence-electron chi connectivity index (χ3n) is 6.52. The molecule has 2 aromatic rings. The maximum Gasteiger partial charge on any atom is 0.238 e. The van der Waals surface area contributed by atoms with E-state index in [9.17, 15) is 9.59 Å². The van der Waals surface area contributed by atoms with Gasteiger partial charge in [0.1, 0.15) is 0 Å². The van der Waals surface area contributed by atoms with E-state index in [-0.39, 0.29) is 17.9 Å². The highest BCUT2D eigenvalue weighted by atomic mass is 16.2. The van der Waals surface area contributed by atoms with Crippen LogP contribution in [0.5, 0.6) is 0 Å². The quantitative estimate of drug-likeness (QED) is 0.860. The first-order valence-corrected chi connectivity index (χ1v) is 10.3. The highest BCUT2D eigenvalue weighted by Gasteiger charge is 2.46. The molecule has 4 rings (SSSR count). The van der Waals surface area contributed by atoms with Gasteiger partial charge in [-0.1, -0.05) is 30.3 Å². The van der Waals surface area contributed by atoms with E-state index in [1.54, 1.807) is 17.8 Å². The van der Waals surface area contributed by atoms with Gasteiger partial charge in [0.05, 0.1) is 24.1 Å². The molecule has 1 aromatic heterocycles. The number of carbonyl (C=O) groups excluding carboxylic acids is 2. The SMILES string of the molecule is CC(=O)N1C[C@H](c2ccccc2)[C@H]2CN(CC(=O)Nc3cnn(C)c3C)CC[C@H]21. The highest BCUT2D eigenvalue weighted by molar-refractivity contribution is 5.92. The van der Waals surface area contributed by atoms with Gasteiger partial charge in [0.25, 0.3) is 0 Å². The fraction of sp³-hybridized carbons (Fsp3) is 0.500. The number of fused-ring (bicyclic) bond motifs is 1. The summed E-state index contributed by atoms with van der Waals surface area (Å²) in [6, 6.07) is 10.7. The summed E-state index contributed by atoms with van der Waals surface area (Å²) in [4.78, 5) is 29.1. The van der Waals surface area contributed by atoms with Gasteiger partial charge >= 0.3 is 0 Å². The molecular weight excluding hydrogens is 366 g/mol. The molecule has 1 aromatic carbocycles. The van der Waals surface area contributed by atoms with Crippen molar-refractivity contribution in [3.8, 4) is 0 Å². The van der Waals surface area contributed by atoms with Crippen molar-refractivity contribution in [2.45, 2.75) is 32.2 Å².